The summed E-state index contributed by atoms with van der Waals surface area (Å²) < 4.78 is 5.51. The molecule has 2 aromatic carbocycles. The Kier molecular flexibility index (Phi) is 6.20. The van der Waals surface area contributed by atoms with Crippen molar-refractivity contribution in [3.63, 3.8) is 0 Å². The molecule has 0 spiro atoms. The second-order valence-electron chi connectivity index (χ2n) is 7.20. The summed E-state index contributed by atoms with van der Waals surface area (Å²) in [4.78, 5) is 27.6. The van der Waals surface area contributed by atoms with Crippen LogP contribution in [0.4, 0.5) is 0 Å². The first-order valence-electron chi connectivity index (χ1n) is 9.39. The number of amides is 1. The van der Waals surface area contributed by atoms with Crippen LogP contribution in [-0.4, -0.2) is 22.9 Å². The predicted molar refractivity (Wildman–Crippen MR) is 110 cm³/mol. The number of hydrogen-bond acceptors (Lipinski definition) is 3. The van der Waals surface area contributed by atoms with E-state index in [0.29, 0.717) is 22.8 Å². The molecule has 0 radical (unpaired) electrons. The molecule has 28 heavy (non-hydrogen) atoms. The van der Waals surface area contributed by atoms with E-state index in [1.807, 2.05) is 62.4 Å². The van der Waals surface area contributed by atoms with E-state index in [4.69, 9.17) is 16.3 Å². The van der Waals surface area contributed by atoms with Crippen molar-refractivity contribution in [2.45, 2.75) is 45.8 Å². The Morgan fingerprint density at radius 1 is 1.14 bits per heavy atom. The molecule has 1 heterocycles. The number of hydrogen-bond donors (Lipinski definition) is 0. The van der Waals surface area contributed by atoms with Gasteiger partial charge in [0.05, 0.1) is 18.2 Å². The van der Waals surface area contributed by atoms with E-state index in [9.17, 15) is 9.59 Å². The van der Waals surface area contributed by atoms with Crippen LogP contribution in [0.15, 0.2) is 65.9 Å². The lowest BCUT2D eigenvalue weighted by Crippen LogP contribution is -2.38. The normalized spacial score (nSPS) is 17.2. The van der Waals surface area contributed by atoms with E-state index < -0.39 is 11.9 Å². The average Bonchev–Trinajstić information content (AvgIpc) is 2.65. The first-order valence-corrected chi connectivity index (χ1v) is 9.76. The molecule has 0 saturated carbocycles. The zero-order valence-electron chi connectivity index (χ0n) is 16.3. The number of halogens is 1. The van der Waals surface area contributed by atoms with Gasteiger partial charge >= 0.3 is 5.97 Å². The van der Waals surface area contributed by atoms with Gasteiger partial charge in [0.1, 0.15) is 0 Å². The largest absolute Gasteiger partial charge is 0.460 e. The van der Waals surface area contributed by atoms with Gasteiger partial charge in [-0.1, -0.05) is 60.1 Å². The summed E-state index contributed by atoms with van der Waals surface area (Å²) in [5, 5.41) is 0.541. The Labute approximate surface area is 170 Å². The quantitative estimate of drug-likeness (QED) is 0.661. The summed E-state index contributed by atoms with van der Waals surface area (Å²) in [6.07, 6.45) is -0.0731. The third-order valence-electron chi connectivity index (χ3n) is 4.85. The fourth-order valence-electron chi connectivity index (χ4n) is 3.53. The Morgan fingerprint density at radius 2 is 1.79 bits per heavy atom. The highest BCUT2D eigenvalue weighted by atomic mass is 35.5. The van der Waals surface area contributed by atoms with Crippen LogP contribution in [0, 0.1) is 0 Å². The fraction of sp³-hybridized carbons (Fsp3) is 0.304. The van der Waals surface area contributed by atoms with Crippen LogP contribution in [0.3, 0.4) is 0 Å². The number of esters is 1. The van der Waals surface area contributed by atoms with E-state index in [2.05, 4.69) is 0 Å². The highest BCUT2D eigenvalue weighted by Crippen LogP contribution is 2.40. The van der Waals surface area contributed by atoms with Crippen molar-refractivity contribution < 1.29 is 14.3 Å². The monoisotopic (exact) mass is 397 g/mol. The third-order valence-corrected chi connectivity index (χ3v) is 5.19. The van der Waals surface area contributed by atoms with Crippen molar-refractivity contribution in [3.05, 3.63) is 82.0 Å². The number of allylic oxidation sites excluding steroid dienone is 1. The zero-order chi connectivity index (χ0) is 20.3. The van der Waals surface area contributed by atoms with Gasteiger partial charge in [0.25, 0.3) is 0 Å². The molecule has 0 bridgehead atoms. The van der Waals surface area contributed by atoms with Gasteiger partial charge in [-0.05, 0) is 38.0 Å². The molecule has 3 rings (SSSR count). The minimum atomic E-state index is -0.417. The van der Waals surface area contributed by atoms with Crippen LogP contribution in [0.5, 0.6) is 0 Å². The summed E-state index contributed by atoms with van der Waals surface area (Å²) in [5.74, 6) is -0.852. The van der Waals surface area contributed by atoms with Crippen LogP contribution in [0.1, 0.15) is 44.2 Å². The van der Waals surface area contributed by atoms with Crippen LogP contribution < -0.4 is 0 Å². The average molecular weight is 398 g/mol. The molecule has 1 atom stereocenters. The molecule has 0 unspecified atom stereocenters. The molecule has 2 aromatic rings. The van der Waals surface area contributed by atoms with Crippen molar-refractivity contribution in [2.24, 2.45) is 0 Å². The first-order chi connectivity index (χ1) is 13.4. The Bertz CT molecular complexity index is 905. The lowest BCUT2D eigenvalue weighted by atomic mass is 9.83. The maximum absolute atomic E-state index is 13.0. The molecule has 1 amide bonds. The SMILES string of the molecule is CC1=C(C(=O)OC(C)C)[C@@H](c2ccccc2Cl)CC(=O)N1Cc1ccccc1. The number of benzene rings is 2. The van der Waals surface area contributed by atoms with Gasteiger partial charge in [0.2, 0.25) is 5.91 Å². The van der Waals surface area contributed by atoms with Gasteiger partial charge in [-0.15, -0.1) is 0 Å². The highest BCUT2D eigenvalue weighted by Gasteiger charge is 2.37. The molecule has 146 valence electrons. The summed E-state index contributed by atoms with van der Waals surface area (Å²) >= 11 is 6.40. The maximum Gasteiger partial charge on any atom is 0.336 e. The number of ether oxygens (including phenoxy) is 1. The molecule has 0 saturated heterocycles. The number of carbonyl (C=O) groups is 2. The number of carbonyl (C=O) groups excluding carboxylic acids is 2. The fourth-order valence-corrected chi connectivity index (χ4v) is 3.80. The molecule has 0 aliphatic carbocycles. The molecule has 4 nitrogen and oxygen atoms in total. The Morgan fingerprint density at radius 3 is 2.43 bits per heavy atom. The summed E-state index contributed by atoms with van der Waals surface area (Å²) in [6.45, 7) is 5.85. The topological polar surface area (TPSA) is 46.6 Å². The smallest absolute Gasteiger partial charge is 0.336 e. The second kappa shape index (κ2) is 8.61. The van der Waals surface area contributed by atoms with Crippen LogP contribution in [0.25, 0.3) is 0 Å². The molecular formula is C23H24ClNO3. The zero-order valence-corrected chi connectivity index (χ0v) is 17.1. The lowest BCUT2D eigenvalue weighted by Gasteiger charge is -2.35. The van der Waals surface area contributed by atoms with Gasteiger partial charge < -0.3 is 9.64 Å². The van der Waals surface area contributed by atoms with E-state index in [1.54, 1.807) is 17.9 Å². The van der Waals surface area contributed by atoms with Crippen molar-refractivity contribution in [1.82, 2.24) is 4.90 Å². The number of nitrogens with zero attached hydrogens (tertiary/aromatic N) is 1. The summed E-state index contributed by atoms with van der Waals surface area (Å²) in [5.41, 5.74) is 2.89. The Balaban J connectivity index is 2.06. The minimum Gasteiger partial charge on any atom is -0.460 e. The highest BCUT2D eigenvalue weighted by molar-refractivity contribution is 6.31. The molecule has 0 fully saturated rings. The van der Waals surface area contributed by atoms with Gasteiger partial charge in [-0.2, -0.15) is 0 Å². The van der Waals surface area contributed by atoms with Crippen molar-refractivity contribution in [1.29, 1.82) is 0 Å². The van der Waals surface area contributed by atoms with E-state index in [1.165, 1.54) is 0 Å². The molecule has 0 aromatic heterocycles. The van der Waals surface area contributed by atoms with Gasteiger partial charge in [-0.25, -0.2) is 4.79 Å². The van der Waals surface area contributed by atoms with Gasteiger partial charge in [0.15, 0.2) is 0 Å². The predicted octanol–water partition coefficient (Wildman–Crippen LogP) is 5.08. The van der Waals surface area contributed by atoms with Crippen LogP contribution >= 0.6 is 11.6 Å². The molecule has 1 aliphatic rings. The van der Waals surface area contributed by atoms with E-state index in [0.717, 1.165) is 11.1 Å². The molecule has 5 heteroatoms. The van der Waals surface area contributed by atoms with Crippen LogP contribution in [-0.2, 0) is 20.9 Å². The summed E-state index contributed by atoms with van der Waals surface area (Å²) in [6, 6.07) is 17.1. The van der Waals surface area contributed by atoms with Crippen molar-refractivity contribution >= 4 is 23.5 Å². The van der Waals surface area contributed by atoms with Gasteiger partial charge in [0, 0.05) is 23.1 Å². The number of rotatable bonds is 5. The van der Waals surface area contributed by atoms with Gasteiger partial charge in [-0.3, -0.25) is 4.79 Å². The van der Waals surface area contributed by atoms with Crippen molar-refractivity contribution in [3.8, 4) is 0 Å². The standard InChI is InChI=1S/C23H24ClNO3/c1-15(2)28-23(27)22-16(3)25(14-17-9-5-4-6-10-17)21(26)13-19(22)18-11-7-8-12-20(18)24/h4-12,15,19H,13-14H2,1-3H3/t19-/m1/s1. The lowest BCUT2D eigenvalue weighted by molar-refractivity contribution is -0.143. The third kappa shape index (κ3) is 4.28. The maximum atomic E-state index is 13.0. The molecular weight excluding hydrogens is 374 g/mol. The molecule has 0 N–H and O–H groups in total. The van der Waals surface area contributed by atoms with Crippen LogP contribution in [0.2, 0.25) is 5.02 Å². The second-order valence-corrected chi connectivity index (χ2v) is 7.60. The first kappa shape index (κ1) is 20.2. The molecule has 1 aliphatic heterocycles. The van der Waals surface area contributed by atoms with E-state index in [-0.39, 0.29) is 18.4 Å². The minimum absolute atomic E-state index is 0.0348. The van der Waals surface area contributed by atoms with E-state index >= 15 is 0 Å². The van der Waals surface area contributed by atoms with Crippen molar-refractivity contribution in [2.75, 3.05) is 0 Å². The Hall–Kier alpha value is -2.59. The summed E-state index contributed by atoms with van der Waals surface area (Å²) in [7, 11) is 0.